The Labute approximate surface area is 227 Å². The van der Waals surface area contributed by atoms with Gasteiger partial charge < -0.3 is 34.3 Å². The number of rotatable bonds is 9. The third-order valence-corrected chi connectivity index (χ3v) is 7.00. The van der Waals surface area contributed by atoms with Crippen molar-refractivity contribution in [1.82, 2.24) is 0 Å². The molecule has 7 heteroatoms. The normalized spacial score (nSPS) is 23.2. The lowest BCUT2D eigenvalue weighted by atomic mass is 9.80. The van der Waals surface area contributed by atoms with Crippen LogP contribution in [-0.2, 0) is 15.1 Å². The van der Waals surface area contributed by atoms with Crippen LogP contribution in [0, 0.1) is 0 Å². The molecular formula is C32H32O7. The molecule has 3 N–H and O–H groups in total. The number of hydrogen-bond acceptors (Lipinski definition) is 7. The molecular weight excluding hydrogens is 496 g/mol. The molecule has 1 fully saturated rings. The van der Waals surface area contributed by atoms with E-state index in [-0.39, 0.29) is 6.61 Å². The van der Waals surface area contributed by atoms with Crippen LogP contribution in [0.2, 0.25) is 0 Å². The number of methoxy groups -OCH3 is 1. The maximum atomic E-state index is 11.0. The molecule has 0 saturated carbocycles. The Morgan fingerprint density at radius 3 is 1.56 bits per heavy atom. The van der Waals surface area contributed by atoms with Crippen LogP contribution in [0.15, 0.2) is 115 Å². The topological polar surface area (TPSA) is 97.6 Å². The lowest BCUT2D eigenvalue weighted by molar-refractivity contribution is -0.286. The Hall–Kier alpha value is -3.72. The fraction of sp³-hybridized carbons (Fsp3) is 0.250. The van der Waals surface area contributed by atoms with Gasteiger partial charge in [0.1, 0.15) is 35.4 Å². The van der Waals surface area contributed by atoms with Crippen LogP contribution < -0.4 is 9.47 Å². The number of aliphatic hydroxyl groups is 3. The van der Waals surface area contributed by atoms with Gasteiger partial charge in [0, 0.05) is 0 Å². The lowest BCUT2D eigenvalue weighted by Crippen LogP contribution is -2.61. The third-order valence-electron chi connectivity index (χ3n) is 7.00. The van der Waals surface area contributed by atoms with Crippen molar-refractivity contribution in [3.05, 3.63) is 132 Å². The molecule has 0 aliphatic carbocycles. The monoisotopic (exact) mass is 528 g/mol. The molecule has 5 atom stereocenters. The summed E-state index contributed by atoms with van der Waals surface area (Å²) in [7, 11) is 1.55. The highest BCUT2D eigenvalue weighted by Crippen LogP contribution is 2.41. The van der Waals surface area contributed by atoms with Crippen LogP contribution in [0.4, 0.5) is 0 Å². The summed E-state index contributed by atoms with van der Waals surface area (Å²) < 4.78 is 23.4. The minimum atomic E-state index is -1.50. The maximum absolute atomic E-state index is 11.0. The van der Waals surface area contributed by atoms with Gasteiger partial charge >= 0.3 is 0 Å². The van der Waals surface area contributed by atoms with Crippen molar-refractivity contribution >= 4 is 0 Å². The lowest BCUT2D eigenvalue weighted by Gasteiger charge is -2.42. The molecule has 0 radical (unpaired) electrons. The second-order valence-corrected chi connectivity index (χ2v) is 9.39. The first-order valence-electron chi connectivity index (χ1n) is 12.8. The van der Waals surface area contributed by atoms with Gasteiger partial charge in [0.05, 0.1) is 13.7 Å². The molecule has 1 aliphatic rings. The third kappa shape index (κ3) is 5.54. The minimum Gasteiger partial charge on any atom is -0.497 e. The molecule has 1 heterocycles. The zero-order valence-corrected chi connectivity index (χ0v) is 21.5. The highest BCUT2D eigenvalue weighted by molar-refractivity contribution is 5.47. The van der Waals surface area contributed by atoms with E-state index in [9.17, 15) is 15.3 Å². The molecule has 202 valence electrons. The van der Waals surface area contributed by atoms with Gasteiger partial charge in [-0.05, 0) is 41.0 Å². The second-order valence-electron chi connectivity index (χ2n) is 9.39. The zero-order valence-electron chi connectivity index (χ0n) is 21.5. The minimum absolute atomic E-state index is 0.122. The van der Waals surface area contributed by atoms with Gasteiger partial charge in [-0.3, -0.25) is 0 Å². The summed E-state index contributed by atoms with van der Waals surface area (Å²) in [5.41, 5.74) is 1.61. The van der Waals surface area contributed by atoms with Gasteiger partial charge in [0.15, 0.2) is 12.4 Å². The highest BCUT2D eigenvalue weighted by Gasteiger charge is 2.47. The van der Waals surface area contributed by atoms with Crippen LogP contribution in [0.25, 0.3) is 0 Å². The fourth-order valence-electron chi connectivity index (χ4n) is 4.97. The van der Waals surface area contributed by atoms with E-state index in [2.05, 4.69) is 0 Å². The summed E-state index contributed by atoms with van der Waals surface area (Å²) in [6.07, 6.45) is -6.53. The van der Waals surface area contributed by atoms with E-state index in [4.69, 9.17) is 18.9 Å². The Kier molecular flexibility index (Phi) is 8.26. The Morgan fingerprint density at radius 1 is 0.641 bits per heavy atom. The Balaban J connectivity index is 1.42. The van der Waals surface area contributed by atoms with E-state index in [0.29, 0.717) is 11.5 Å². The van der Waals surface area contributed by atoms with Crippen molar-refractivity contribution < 1.29 is 34.3 Å². The number of aliphatic hydroxyl groups excluding tert-OH is 3. The predicted molar refractivity (Wildman–Crippen MR) is 145 cm³/mol. The first-order valence-corrected chi connectivity index (χ1v) is 12.8. The summed E-state index contributed by atoms with van der Waals surface area (Å²) in [4.78, 5) is 0. The molecule has 4 aromatic rings. The largest absolute Gasteiger partial charge is 0.497 e. The summed E-state index contributed by atoms with van der Waals surface area (Å²) in [5, 5.41) is 32.7. The van der Waals surface area contributed by atoms with Crippen LogP contribution in [0.3, 0.4) is 0 Å². The van der Waals surface area contributed by atoms with Gasteiger partial charge in [0.2, 0.25) is 0 Å². The number of benzene rings is 4. The SMILES string of the molecule is COc1ccc(O[C@@H]2[C@@H](O)[C@H](O)[C@@H](COC(c3ccccc3)(c3ccccc3)c3ccccc3)O[C@@H]2O)cc1. The molecule has 1 saturated heterocycles. The summed E-state index contributed by atoms with van der Waals surface area (Å²) in [6, 6.07) is 36.1. The first-order chi connectivity index (χ1) is 19.0. The standard InChI is InChI=1S/C32H32O7/c1-36-25-17-19-26(20-18-25)38-30-29(34)28(33)27(39-31(30)35)21-37-32(22-11-5-2-6-12-22,23-13-7-3-8-14-23)24-15-9-4-10-16-24/h2-20,27-31,33-35H,21H2,1H3/t27-,28-,29+,30-,31+/m1/s1. The van der Waals surface area contributed by atoms with Crippen molar-refractivity contribution in [1.29, 1.82) is 0 Å². The average molecular weight is 529 g/mol. The van der Waals surface area contributed by atoms with E-state index in [1.54, 1.807) is 31.4 Å². The van der Waals surface area contributed by atoms with Crippen molar-refractivity contribution in [2.24, 2.45) is 0 Å². The van der Waals surface area contributed by atoms with Gasteiger partial charge in [0.25, 0.3) is 0 Å². The maximum Gasteiger partial charge on any atom is 0.195 e. The molecule has 0 amide bonds. The molecule has 0 bridgehead atoms. The van der Waals surface area contributed by atoms with Crippen molar-refractivity contribution in [3.63, 3.8) is 0 Å². The number of ether oxygens (including phenoxy) is 4. The van der Waals surface area contributed by atoms with Crippen molar-refractivity contribution in [3.8, 4) is 11.5 Å². The van der Waals surface area contributed by atoms with Crippen LogP contribution >= 0.6 is 0 Å². The zero-order chi connectivity index (χ0) is 27.2. The molecule has 39 heavy (non-hydrogen) atoms. The molecule has 1 aliphatic heterocycles. The van der Waals surface area contributed by atoms with E-state index in [0.717, 1.165) is 16.7 Å². The smallest absolute Gasteiger partial charge is 0.195 e. The van der Waals surface area contributed by atoms with E-state index >= 15 is 0 Å². The van der Waals surface area contributed by atoms with E-state index in [1.165, 1.54) is 0 Å². The van der Waals surface area contributed by atoms with Crippen molar-refractivity contribution in [2.75, 3.05) is 13.7 Å². The summed E-state index contributed by atoms with van der Waals surface area (Å²) >= 11 is 0. The molecule has 7 nitrogen and oxygen atoms in total. The van der Waals surface area contributed by atoms with E-state index in [1.807, 2.05) is 91.0 Å². The molecule has 0 unspecified atom stereocenters. The fourth-order valence-corrected chi connectivity index (χ4v) is 4.97. The summed E-state index contributed by atoms with van der Waals surface area (Å²) in [6.45, 7) is -0.122. The van der Waals surface area contributed by atoms with Crippen LogP contribution in [0.5, 0.6) is 11.5 Å². The molecule has 4 aromatic carbocycles. The van der Waals surface area contributed by atoms with Gasteiger partial charge in [-0.2, -0.15) is 0 Å². The first kappa shape index (κ1) is 26.9. The highest BCUT2D eigenvalue weighted by atomic mass is 16.7. The predicted octanol–water partition coefficient (Wildman–Crippen LogP) is 3.89. The van der Waals surface area contributed by atoms with Crippen LogP contribution in [0.1, 0.15) is 16.7 Å². The molecule has 0 aromatic heterocycles. The van der Waals surface area contributed by atoms with Crippen molar-refractivity contribution in [2.45, 2.75) is 36.3 Å². The van der Waals surface area contributed by atoms with E-state index < -0.39 is 36.3 Å². The van der Waals surface area contributed by atoms with Gasteiger partial charge in [-0.25, -0.2) is 0 Å². The Bertz CT molecular complexity index is 1200. The average Bonchev–Trinajstić information content (AvgIpc) is 3.00. The van der Waals surface area contributed by atoms with Crippen LogP contribution in [-0.4, -0.2) is 59.7 Å². The molecule has 5 rings (SSSR count). The Morgan fingerprint density at radius 2 is 1.10 bits per heavy atom. The molecule has 0 spiro atoms. The van der Waals surface area contributed by atoms with Gasteiger partial charge in [-0.1, -0.05) is 91.0 Å². The van der Waals surface area contributed by atoms with Gasteiger partial charge in [-0.15, -0.1) is 0 Å². The summed E-state index contributed by atoms with van der Waals surface area (Å²) in [5.74, 6) is 1.03. The second kappa shape index (κ2) is 12.0. The quantitative estimate of drug-likeness (QED) is 0.284. The number of hydrogen-bond donors (Lipinski definition) is 3.